The molecule has 0 amide bonds. The van der Waals surface area contributed by atoms with Crippen LogP contribution in [0.2, 0.25) is 0 Å². The first-order valence-electron chi connectivity index (χ1n) is 5.59. The molecule has 0 spiro atoms. The predicted molar refractivity (Wildman–Crippen MR) is 68.1 cm³/mol. The minimum absolute atomic E-state index is 0.376. The standard InChI is InChI=1S/C14H16N2O/c1-10-6-11(2)8-12(7-10)17-14-4-3-5-16-13(14)9-15/h3-8H,9,15H2,1-2H3. The molecule has 0 atom stereocenters. The molecule has 0 saturated heterocycles. The van der Waals surface area contributed by atoms with Gasteiger partial charge in [0, 0.05) is 12.7 Å². The van der Waals surface area contributed by atoms with Crippen molar-refractivity contribution in [1.82, 2.24) is 4.98 Å². The third kappa shape index (κ3) is 2.82. The first kappa shape index (κ1) is 11.6. The third-order valence-corrected chi connectivity index (χ3v) is 2.46. The van der Waals surface area contributed by atoms with E-state index in [2.05, 4.69) is 11.1 Å². The largest absolute Gasteiger partial charge is 0.455 e. The lowest BCUT2D eigenvalue weighted by Crippen LogP contribution is -2.01. The first-order chi connectivity index (χ1) is 8.19. The summed E-state index contributed by atoms with van der Waals surface area (Å²) in [5, 5.41) is 0. The molecule has 3 heteroatoms. The molecule has 2 N–H and O–H groups in total. The number of hydrogen-bond acceptors (Lipinski definition) is 3. The molecule has 17 heavy (non-hydrogen) atoms. The van der Waals surface area contributed by atoms with E-state index in [-0.39, 0.29) is 0 Å². The van der Waals surface area contributed by atoms with E-state index < -0.39 is 0 Å². The highest BCUT2D eigenvalue weighted by molar-refractivity contribution is 5.38. The van der Waals surface area contributed by atoms with Gasteiger partial charge in [-0.05, 0) is 49.2 Å². The van der Waals surface area contributed by atoms with Crippen LogP contribution in [0.4, 0.5) is 0 Å². The monoisotopic (exact) mass is 228 g/mol. The van der Waals surface area contributed by atoms with Gasteiger partial charge in [-0.1, -0.05) is 6.07 Å². The van der Waals surface area contributed by atoms with E-state index >= 15 is 0 Å². The molecule has 3 nitrogen and oxygen atoms in total. The highest BCUT2D eigenvalue weighted by atomic mass is 16.5. The normalized spacial score (nSPS) is 10.3. The van der Waals surface area contributed by atoms with Crippen molar-refractivity contribution in [2.24, 2.45) is 5.73 Å². The molecule has 0 saturated carbocycles. The number of ether oxygens (including phenoxy) is 1. The van der Waals surface area contributed by atoms with Crippen LogP contribution in [0.3, 0.4) is 0 Å². The van der Waals surface area contributed by atoms with Crippen molar-refractivity contribution in [2.75, 3.05) is 0 Å². The fourth-order valence-electron chi connectivity index (χ4n) is 1.79. The van der Waals surface area contributed by atoms with Crippen LogP contribution >= 0.6 is 0 Å². The number of nitrogens with two attached hydrogens (primary N) is 1. The van der Waals surface area contributed by atoms with Gasteiger partial charge in [0.15, 0.2) is 0 Å². The van der Waals surface area contributed by atoms with Crippen LogP contribution in [0.1, 0.15) is 16.8 Å². The Kier molecular flexibility index (Phi) is 3.40. The van der Waals surface area contributed by atoms with Gasteiger partial charge in [-0.25, -0.2) is 0 Å². The second-order valence-corrected chi connectivity index (χ2v) is 4.08. The fourth-order valence-corrected chi connectivity index (χ4v) is 1.79. The van der Waals surface area contributed by atoms with Crippen LogP contribution in [-0.4, -0.2) is 4.98 Å². The van der Waals surface area contributed by atoms with Gasteiger partial charge in [-0.3, -0.25) is 4.98 Å². The molecule has 0 unspecified atom stereocenters. The van der Waals surface area contributed by atoms with Gasteiger partial charge in [0.2, 0.25) is 0 Å². The second kappa shape index (κ2) is 4.97. The summed E-state index contributed by atoms with van der Waals surface area (Å²) >= 11 is 0. The average molecular weight is 228 g/mol. The van der Waals surface area contributed by atoms with Gasteiger partial charge in [0.25, 0.3) is 0 Å². The van der Waals surface area contributed by atoms with Crippen LogP contribution in [0, 0.1) is 13.8 Å². The van der Waals surface area contributed by atoms with E-state index in [9.17, 15) is 0 Å². The topological polar surface area (TPSA) is 48.1 Å². The molecule has 0 fully saturated rings. The maximum absolute atomic E-state index is 5.82. The van der Waals surface area contributed by atoms with Crippen molar-refractivity contribution >= 4 is 0 Å². The SMILES string of the molecule is Cc1cc(C)cc(Oc2cccnc2CN)c1. The molecule has 1 aromatic carbocycles. The van der Waals surface area contributed by atoms with Gasteiger partial charge in [0.1, 0.15) is 11.5 Å². The van der Waals surface area contributed by atoms with Crippen molar-refractivity contribution in [3.8, 4) is 11.5 Å². The maximum atomic E-state index is 5.82. The molecule has 0 aliphatic heterocycles. The Morgan fingerprint density at radius 2 is 1.88 bits per heavy atom. The van der Waals surface area contributed by atoms with Crippen molar-refractivity contribution < 1.29 is 4.74 Å². The first-order valence-corrected chi connectivity index (χ1v) is 5.59. The summed E-state index contributed by atoms with van der Waals surface area (Å²) < 4.78 is 5.82. The zero-order valence-electron chi connectivity index (χ0n) is 10.1. The summed E-state index contributed by atoms with van der Waals surface area (Å²) in [6.07, 6.45) is 1.72. The van der Waals surface area contributed by atoms with Crippen molar-refractivity contribution in [1.29, 1.82) is 0 Å². The van der Waals surface area contributed by atoms with E-state index in [0.29, 0.717) is 6.54 Å². The summed E-state index contributed by atoms with van der Waals surface area (Å²) in [5.41, 5.74) is 8.75. The van der Waals surface area contributed by atoms with Crippen molar-refractivity contribution in [3.05, 3.63) is 53.3 Å². The van der Waals surface area contributed by atoms with Crippen molar-refractivity contribution in [3.63, 3.8) is 0 Å². The number of pyridine rings is 1. The number of benzene rings is 1. The molecular formula is C14H16N2O. The number of rotatable bonds is 3. The molecule has 0 radical (unpaired) electrons. The number of hydrogen-bond donors (Lipinski definition) is 1. The lowest BCUT2D eigenvalue weighted by molar-refractivity contribution is 0.472. The molecule has 1 aromatic heterocycles. The smallest absolute Gasteiger partial charge is 0.150 e. The quantitative estimate of drug-likeness (QED) is 0.878. The number of nitrogens with zero attached hydrogens (tertiary/aromatic N) is 1. The van der Waals surface area contributed by atoms with Crippen LogP contribution < -0.4 is 10.5 Å². The van der Waals surface area contributed by atoms with Gasteiger partial charge in [0.05, 0.1) is 5.69 Å². The fraction of sp³-hybridized carbons (Fsp3) is 0.214. The number of aromatic nitrogens is 1. The number of aryl methyl sites for hydroxylation is 2. The van der Waals surface area contributed by atoms with E-state index in [4.69, 9.17) is 10.5 Å². The van der Waals surface area contributed by atoms with Gasteiger partial charge >= 0.3 is 0 Å². The van der Waals surface area contributed by atoms with Gasteiger partial charge in [-0.2, -0.15) is 0 Å². The average Bonchev–Trinajstić information content (AvgIpc) is 2.28. The molecule has 2 rings (SSSR count). The molecule has 0 aliphatic rings. The Labute approximate surface area is 101 Å². The summed E-state index contributed by atoms with van der Waals surface area (Å²) in [7, 11) is 0. The highest BCUT2D eigenvalue weighted by Crippen LogP contribution is 2.25. The van der Waals surface area contributed by atoms with E-state index in [0.717, 1.165) is 17.2 Å². The zero-order chi connectivity index (χ0) is 12.3. The van der Waals surface area contributed by atoms with Gasteiger partial charge < -0.3 is 10.5 Å². The summed E-state index contributed by atoms with van der Waals surface area (Å²) in [6, 6.07) is 9.84. The summed E-state index contributed by atoms with van der Waals surface area (Å²) in [4.78, 5) is 4.19. The molecular weight excluding hydrogens is 212 g/mol. The Morgan fingerprint density at radius 3 is 2.53 bits per heavy atom. The van der Waals surface area contributed by atoms with Crippen LogP contribution in [0.15, 0.2) is 36.5 Å². The van der Waals surface area contributed by atoms with Crippen LogP contribution in [-0.2, 0) is 6.54 Å². The van der Waals surface area contributed by atoms with E-state index in [1.54, 1.807) is 6.20 Å². The molecule has 1 heterocycles. The van der Waals surface area contributed by atoms with Crippen molar-refractivity contribution in [2.45, 2.75) is 20.4 Å². The molecule has 88 valence electrons. The van der Waals surface area contributed by atoms with E-state index in [1.165, 1.54) is 11.1 Å². The Bertz CT molecular complexity index is 503. The Hall–Kier alpha value is -1.87. The Balaban J connectivity index is 2.31. The van der Waals surface area contributed by atoms with Crippen LogP contribution in [0.5, 0.6) is 11.5 Å². The second-order valence-electron chi connectivity index (χ2n) is 4.08. The molecule has 0 bridgehead atoms. The third-order valence-electron chi connectivity index (χ3n) is 2.46. The Morgan fingerprint density at radius 1 is 1.18 bits per heavy atom. The van der Waals surface area contributed by atoms with Crippen LogP contribution in [0.25, 0.3) is 0 Å². The minimum atomic E-state index is 0.376. The molecule has 0 aliphatic carbocycles. The highest BCUT2D eigenvalue weighted by Gasteiger charge is 2.04. The maximum Gasteiger partial charge on any atom is 0.150 e. The zero-order valence-corrected chi connectivity index (χ0v) is 10.1. The lowest BCUT2D eigenvalue weighted by atomic mass is 10.1. The van der Waals surface area contributed by atoms with Gasteiger partial charge in [-0.15, -0.1) is 0 Å². The molecule has 2 aromatic rings. The lowest BCUT2D eigenvalue weighted by Gasteiger charge is -2.10. The van der Waals surface area contributed by atoms with E-state index in [1.807, 2.05) is 38.1 Å². The minimum Gasteiger partial charge on any atom is -0.455 e. The summed E-state index contributed by atoms with van der Waals surface area (Å²) in [5.74, 6) is 1.55. The summed E-state index contributed by atoms with van der Waals surface area (Å²) in [6.45, 7) is 4.47. The predicted octanol–water partition coefficient (Wildman–Crippen LogP) is 2.95.